The Hall–Kier alpha value is -4.02. The molecule has 336 valence electrons. The van der Waals surface area contributed by atoms with Gasteiger partial charge < -0.3 is 29.7 Å². The third-order valence-electron chi connectivity index (χ3n) is 13.9. The third kappa shape index (κ3) is 11.3. The summed E-state index contributed by atoms with van der Waals surface area (Å²) in [5.74, 6) is -1.40. The summed E-state index contributed by atoms with van der Waals surface area (Å²) in [6.07, 6.45) is 22.2. The van der Waals surface area contributed by atoms with Crippen LogP contribution >= 0.6 is 0 Å². The van der Waals surface area contributed by atoms with E-state index in [4.69, 9.17) is 29.7 Å². The second-order valence-corrected chi connectivity index (χ2v) is 18.8. The Balaban J connectivity index is 0.00000748. The summed E-state index contributed by atoms with van der Waals surface area (Å²) in [5, 5.41) is 6.89. The Morgan fingerprint density at radius 1 is 0.794 bits per heavy atom. The van der Waals surface area contributed by atoms with E-state index < -0.39 is 11.9 Å². The van der Waals surface area contributed by atoms with Crippen LogP contribution in [-0.2, 0) is 25.5 Å². The standard InChI is InChI=1S/C53H71N4O5.Mg/c1-12-38-35(8)42-27-40-33(6)34(7)41(54-40)28-43-36(9)39(23-24-46(58)62-26-25-32(5)22-18-21-31(4)20-17-15-13-14-16-19-30(2)3)50(56-43)48-49(53(60)61-11)52(59)47-37(10)44(57-51(47)48)29-45(38)55-42;/h25,27-31,36,39,49H,12-24,26H2,1-11H3,(H-,56,57,59);/q-3;+2/p-1/b32-25-,42-27-,43-28-,45-29-;/t31-,36+,39+,49-;/m1./s1. The van der Waals surface area contributed by atoms with E-state index in [1.807, 2.05) is 25.2 Å². The Bertz CT molecular complexity index is 2370. The van der Waals surface area contributed by atoms with Crippen LogP contribution in [0, 0.1) is 57.3 Å². The second-order valence-electron chi connectivity index (χ2n) is 18.8. The average molecular weight is 867 g/mol. The predicted molar refractivity (Wildman–Crippen MR) is 255 cm³/mol. The van der Waals surface area contributed by atoms with Crippen molar-refractivity contribution in [1.82, 2.24) is 15.0 Å². The monoisotopic (exact) mass is 867 g/mol. The number of ketones is 1. The molecular formula is C53H70MgN4O5-2. The zero-order chi connectivity index (χ0) is 44.8. The van der Waals surface area contributed by atoms with Crippen molar-refractivity contribution in [3.05, 3.63) is 95.2 Å². The molecule has 63 heavy (non-hydrogen) atoms. The summed E-state index contributed by atoms with van der Waals surface area (Å²) in [6, 6.07) is 0. The van der Waals surface area contributed by atoms with Gasteiger partial charge in [0.2, 0.25) is 0 Å². The van der Waals surface area contributed by atoms with E-state index in [0.717, 1.165) is 81.1 Å². The van der Waals surface area contributed by atoms with Gasteiger partial charge >= 0.3 is 35.0 Å². The SMILES string of the molecule is CCc1c(C)/c2[n-]/c1=C\c1[n-]c3c(c1C)C(=O)[C@H](C(=O)OC)/C3=C1/[N-]/C(=C\c3[n-]c(c(C)c3C)\C=2)[C@@H](C)[C@@H]1CCC(=O)OC/C=C(/C)CCC[C@H](C)CCCCCCCC(C)C.[Mg+2]. The molecule has 5 heterocycles. The van der Waals surface area contributed by atoms with Crippen molar-refractivity contribution in [1.29, 1.82) is 0 Å². The molecule has 1 fully saturated rings. The number of carbonyl (C=O) groups is 3. The molecule has 0 unspecified atom stereocenters. The third-order valence-corrected chi connectivity index (χ3v) is 13.9. The molecule has 4 atom stereocenters. The van der Waals surface area contributed by atoms with Gasteiger partial charge in [0.25, 0.3) is 0 Å². The van der Waals surface area contributed by atoms with Crippen molar-refractivity contribution in [2.24, 2.45) is 29.6 Å². The van der Waals surface area contributed by atoms with E-state index in [1.165, 1.54) is 64.0 Å². The van der Waals surface area contributed by atoms with Gasteiger partial charge in [0, 0.05) is 12.0 Å². The number of aromatic nitrogens is 3. The van der Waals surface area contributed by atoms with Crippen LogP contribution in [0.1, 0.15) is 180 Å². The number of rotatable bonds is 19. The van der Waals surface area contributed by atoms with Gasteiger partial charge in [0.05, 0.1) is 7.11 Å². The minimum Gasteiger partial charge on any atom is -0.664 e. The summed E-state index contributed by atoms with van der Waals surface area (Å²) >= 11 is 0. The van der Waals surface area contributed by atoms with Crippen molar-refractivity contribution < 1.29 is 23.9 Å². The number of ether oxygens (including phenoxy) is 2. The summed E-state index contributed by atoms with van der Waals surface area (Å²) in [4.78, 5) is 56.5. The van der Waals surface area contributed by atoms with E-state index in [0.29, 0.717) is 40.2 Å². The summed E-state index contributed by atoms with van der Waals surface area (Å²) in [7, 11) is 1.30. The topological polar surface area (TPSA) is 126 Å². The molecule has 0 saturated carbocycles. The Morgan fingerprint density at radius 2 is 1.43 bits per heavy atom. The molecule has 0 aromatic carbocycles. The number of fused-ring (bicyclic) bond motifs is 7. The first-order valence-electron chi connectivity index (χ1n) is 23.4. The molecule has 0 amide bonds. The van der Waals surface area contributed by atoms with Crippen molar-refractivity contribution in [3.63, 3.8) is 0 Å². The average Bonchev–Trinajstić information content (AvgIpc) is 3.97. The summed E-state index contributed by atoms with van der Waals surface area (Å²) < 4.78 is 11.0. The Kier molecular flexibility index (Phi) is 17.7. The summed E-state index contributed by atoms with van der Waals surface area (Å²) in [5.41, 5.74) is 11.2. The maximum absolute atomic E-state index is 14.3. The first-order valence-corrected chi connectivity index (χ1v) is 23.4. The molecular weight excluding hydrogens is 797 g/mol. The van der Waals surface area contributed by atoms with Gasteiger partial charge in [-0.2, -0.15) is 11.4 Å². The minimum absolute atomic E-state index is 0. The molecule has 3 aromatic rings. The van der Waals surface area contributed by atoms with Gasteiger partial charge in [-0.1, -0.05) is 143 Å². The van der Waals surface area contributed by atoms with Crippen LogP contribution in [0.25, 0.3) is 29.1 Å². The van der Waals surface area contributed by atoms with Gasteiger partial charge in [-0.15, -0.1) is 33.5 Å². The van der Waals surface area contributed by atoms with Crippen LogP contribution in [0.5, 0.6) is 0 Å². The molecule has 0 N–H and O–H groups in total. The van der Waals surface area contributed by atoms with E-state index in [2.05, 4.69) is 68.4 Å². The molecule has 10 heteroatoms. The van der Waals surface area contributed by atoms with Crippen LogP contribution in [0.4, 0.5) is 0 Å². The largest absolute Gasteiger partial charge is 2.00 e. The maximum Gasteiger partial charge on any atom is 2.00 e. The van der Waals surface area contributed by atoms with E-state index in [9.17, 15) is 14.4 Å². The van der Waals surface area contributed by atoms with Gasteiger partial charge in [-0.3, -0.25) is 14.4 Å². The molecule has 9 nitrogen and oxygen atoms in total. The number of hydrogen-bond donors (Lipinski definition) is 0. The normalized spacial score (nSPS) is 21.5. The van der Waals surface area contributed by atoms with Gasteiger partial charge in [-0.25, -0.2) is 0 Å². The fourth-order valence-electron chi connectivity index (χ4n) is 9.67. The van der Waals surface area contributed by atoms with Crippen LogP contribution in [0.15, 0.2) is 23.0 Å². The van der Waals surface area contributed by atoms with E-state index in [1.54, 1.807) is 0 Å². The fraction of sp³-hybridized carbons (Fsp3) is 0.566. The number of methoxy groups -OCH3 is 1. The van der Waals surface area contributed by atoms with Crippen LogP contribution < -0.4 is 25.7 Å². The molecule has 1 aliphatic carbocycles. The first-order chi connectivity index (χ1) is 29.6. The predicted octanol–water partition coefficient (Wildman–Crippen LogP) is 9.78. The number of Topliss-reactive ketones (excluding diaryl/α,β-unsaturated/α-hetero) is 1. The number of esters is 2. The minimum atomic E-state index is -1.20. The molecule has 3 aliphatic rings. The number of hydrogen-bond acceptors (Lipinski definition) is 5. The number of carbonyl (C=O) groups excluding carboxylic acids is 3. The zero-order valence-electron chi connectivity index (χ0n) is 40.1. The Labute approximate surface area is 392 Å². The molecule has 0 radical (unpaired) electrons. The van der Waals surface area contributed by atoms with Crippen molar-refractivity contribution in [3.8, 4) is 0 Å². The maximum atomic E-state index is 14.3. The fourth-order valence-corrected chi connectivity index (χ4v) is 9.67. The van der Waals surface area contributed by atoms with E-state index >= 15 is 0 Å². The van der Waals surface area contributed by atoms with Crippen LogP contribution in [0.3, 0.4) is 0 Å². The van der Waals surface area contributed by atoms with Crippen LogP contribution in [0.2, 0.25) is 0 Å². The molecule has 2 aliphatic heterocycles. The quantitative estimate of drug-likeness (QED) is 0.0384. The van der Waals surface area contributed by atoms with Gasteiger partial charge in [-0.05, 0) is 90.0 Å². The second kappa shape index (κ2) is 22.2. The summed E-state index contributed by atoms with van der Waals surface area (Å²) in [6.45, 7) is 21.7. The number of unbranched alkanes of at least 4 members (excludes halogenated alkanes) is 4. The smallest absolute Gasteiger partial charge is 0.664 e. The van der Waals surface area contributed by atoms with Crippen LogP contribution in [-0.4, -0.2) is 54.5 Å². The molecule has 6 rings (SSSR count). The number of allylic oxidation sites excluding steroid dienone is 3. The first kappa shape index (κ1) is 50.0. The molecule has 8 bridgehead atoms. The van der Waals surface area contributed by atoms with Gasteiger partial charge in [0.15, 0.2) is 5.78 Å². The molecule has 0 spiro atoms. The van der Waals surface area contributed by atoms with Gasteiger partial charge in [0.1, 0.15) is 12.5 Å². The zero-order valence-corrected chi connectivity index (χ0v) is 41.5. The Morgan fingerprint density at radius 3 is 2.11 bits per heavy atom. The van der Waals surface area contributed by atoms with Crippen molar-refractivity contribution >= 4 is 64.6 Å². The number of nitrogens with zero attached hydrogens (tertiary/aromatic N) is 4. The molecule has 1 saturated heterocycles. The van der Waals surface area contributed by atoms with Crippen molar-refractivity contribution in [2.75, 3.05) is 13.7 Å². The van der Waals surface area contributed by atoms with Crippen molar-refractivity contribution in [2.45, 2.75) is 153 Å². The van der Waals surface area contributed by atoms with E-state index in [-0.39, 0.29) is 59.7 Å². The molecule has 3 aromatic heterocycles.